The Bertz CT molecular complexity index is 1580. The molecule has 0 saturated heterocycles. The molecule has 3 heterocycles. The average molecular weight is 476 g/mol. The van der Waals surface area contributed by atoms with E-state index >= 15 is 0 Å². The number of oxazole rings is 2. The molecule has 10 heteroatoms. The lowest BCUT2D eigenvalue weighted by molar-refractivity contribution is 0.592. The van der Waals surface area contributed by atoms with Gasteiger partial charge in [-0.1, -0.05) is 13.0 Å². The average Bonchev–Trinajstić information content (AvgIpc) is 3.48. The van der Waals surface area contributed by atoms with Crippen molar-refractivity contribution in [2.24, 2.45) is 0 Å². The molecule has 2 aromatic carbocycles. The summed E-state index contributed by atoms with van der Waals surface area (Å²) in [4.78, 5) is 12.9. The quantitative estimate of drug-likeness (QED) is 0.315. The molecule has 0 bridgehead atoms. The highest BCUT2D eigenvalue weighted by atomic mass is 32.2. The van der Waals surface area contributed by atoms with Crippen molar-refractivity contribution in [3.05, 3.63) is 72.7 Å². The number of anilines is 4. The third-order valence-electron chi connectivity index (χ3n) is 5.30. The van der Waals surface area contributed by atoms with Crippen LogP contribution in [0.2, 0.25) is 0 Å². The number of benzene rings is 2. The van der Waals surface area contributed by atoms with Crippen LogP contribution in [0.5, 0.6) is 0 Å². The molecule has 5 aromatic rings. The van der Waals surface area contributed by atoms with E-state index in [1.54, 1.807) is 31.6 Å². The highest BCUT2D eigenvalue weighted by Gasteiger charge is 2.15. The zero-order chi connectivity index (χ0) is 23.7. The Hall–Kier alpha value is -4.18. The molecule has 34 heavy (non-hydrogen) atoms. The van der Waals surface area contributed by atoms with Crippen molar-refractivity contribution >= 4 is 44.3 Å². The fourth-order valence-corrected chi connectivity index (χ4v) is 4.28. The Morgan fingerprint density at radius 3 is 2.56 bits per heavy atom. The molecule has 3 aromatic heterocycles. The number of nitrogens with zero attached hydrogens (tertiary/aromatic N) is 3. The molecule has 0 aliphatic heterocycles. The SMILES string of the molecule is CCS(=O)(=O)c1ccc2oc(Nc3ccc(C)c(Nc4ncc(-c5ccncc5)o4)c3)nc2c1. The normalized spacial score (nSPS) is 11.6. The fraction of sp³-hybridized carbons (Fsp3) is 0.125. The van der Waals surface area contributed by atoms with Crippen LogP contribution >= 0.6 is 0 Å². The Morgan fingerprint density at radius 1 is 0.941 bits per heavy atom. The minimum absolute atomic E-state index is 0.0230. The lowest BCUT2D eigenvalue weighted by atomic mass is 10.2. The summed E-state index contributed by atoms with van der Waals surface area (Å²) in [6.45, 7) is 3.57. The molecular weight excluding hydrogens is 454 g/mol. The molecule has 0 spiro atoms. The fourth-order valence-electron chi connectivity index (χ4n) is 3.38. The molecule has 2 N–H and O–H groups in total. The van der Waals surface area contributed by atoms with Gasteiger partial charge in [-0.2, -0.15) is 4.98 Å². The van der Waals surface area contributed by atoms with Gasteiger partial charge in [-0.25, -0.2) is 13.4 Å². The van der Waals surface area contributed by atoms with Gasteiger partial charge in [0.15, 0.2) is 21.2 Å². The predicted molar refractivity (Wildman–Crippen MR) is 129 cm³/mol. The smallest absolute Gasteiger partial charge is 0.300 e. The number of hydrogen-bond acceptors (Lipinski definition) is 9. The van der Waals surface area contributed by atoms with Gasteiger partial charge in [0.25, 0.3) is 12.0 Å². The van der Waals surface area contributed by atoms with E-state index in [0.717, 1.165) is 22.5 Å². The van der Waals surface area contributed by atoms with E-state index in [1.165, 1.54) is 12.1 Å². The van der Waals surface area contributed by atoms with Gasteiger partial charge in [0, 0.05) is 29.3 Å². The van der Waals surface area contributed by atoms with E-state index in [9.17, 15) is 8.42 Å². The Kier molecular flexibility index (Phi) is 5.50. The van der Waals surface area contributed by atoms with Crippen molar-refractivity contribution in [3.63, 3.8) is 0 Å². The molecule has 9 nitrogen and oxygen atoms in total. The van der Waals surface area contributed by atoms with Crippen molar-refractivity contribution in [2.75, 3.05) is 16.4 Å². The van der Waals surface area contributed by atoms with Gasteiger partial charge in [-0.05, 0) is 55.0 Å². The van der Waals surface area contributed by atoms with Gasteiger partial charge in [0.2, 0.25) is 0 Å². The van der Waals surface area contributed by atoms with Crippen molar-refractivity contribution in [1.29, 1.82) is 0 Å². The number of fused-ring (bicyclic) bond motifs is 1. The summed E-state index contributed by atoms with van der Waals surface area (Å²) >= 11 is 0. The van der Waals surface area contributed by atoms with Gasteiger partial charge in [0.05, 0.1) is 16.8 Å². The summed E-state index contributed by atoms with van der Waals surface area (Å²) in [5.41, 5.74) is 4.34. The maximum Gasteiger partial charge on any atom is 0.300 e. The summed E-state index contributed by atoms with van der Waals surface area (Å²) in [5.74, 6) is 0.655. The van der Waals surface area contributed by atoms with E-state index in [2.05, 4.69) is 25.6 Å². The number of pyridine rings is 1. The van der Waals surface area contributed by atoms with E-state index in [0.29, 0.717) is 22.9 Å². The Balaban J connectivity index is 1.37. The van der Waals surface area contributed by atoms with Crippen LogP contribution in [0.3, 0.4) is 0 Å². The molecule has 0 aliphatic rings. The van der Waals surface area contributed by atoms with Gasteiger partial charge in [-0.3, -0.25) is 4.98 Å². The van der Waals surface area contributed by atoms with Crippen LogP contribution in [0.25, 0.3) is 22.4 Å². The minimum Gasteiger partial charge on any atom is -0.423 e. The largest absolute Gasteiger partial charge is 0.423 e. The zero-order valence-electron chi connectivity index (χ0n) is 18.4. The van der Waals surface area contributed by atoms with E-state index in [4.69, 9.17) is 8.83 Å². The van der Waals surface area contributed by atoms with Crippen LogP contribution < -0.4 is 10.6 Å². The van der Waals surface area contributed by atoms with Crippen LogP contribution in [0.1, 0.15) is 12.5 Å². The number of nitrogens with one attached hydrogen (secondary N) is 2. The molecular formula is C24H21N5O4S. The summed E-state index contributed by atoms with van der Waals surface area (Å²) in [6.07, 6.45) is 5.04. The van der Waals surface area contributed by atoms with Crippen molar-refractivity contribution in [1.82, 2.24) is 15.0 Å². The molecule has 0 saturated carbocycles. The van der Waals surface area contributed by atoms with Crippen molar-refractivity contribution < 1.29 is 17.3 Å². The lowest BCUT2D eigenvalue weighted by Gasteiger charge is -2.09. The highest BCUT2D eigenvalue weighted by molar-refractivity contribution is 7.91. The first kappa shape index (κ1) is 21.7. The molecule has 0 fully saturated rings. The number of sulfone groups is 1. The third kappa shape index (κ3) is 4.35. The van der Waals surface area contributed by atoms with E-state index in [-0.39, 0.29) is 16.7 Å². The second-order valence-corrected chi connectivity index (χ2v) is 9.88. The van der Waals surface area contributed by atoms with E-state index in [1.807, 2.05) is 37.3 Å². The monoisotopic (exact) mass is 475 g/mol. The van der Waals surface area contributed by atoms with E-state index < -0.39 is 9.84 Å². The first-order valence-corrected chi connectivity index (χ1v) is 12.2. The molecule has 0 atom stereocenters. The minimum atomic E-state index is -3.32. The van der Waals surface area contributed by atoms with Gasteiger partial charge in [0.1, 0.15) is 5.52 Å². The molecule has 0 aliphatic carbocycles. The summed E-state index contributed by atoms with van der Waals surface area (Å²) < 4.78 is 35.9. The highest BCUT2D eigenvalue weighted by Crippen LogP contribution is 2.29. The number of hydrogen-bond donors (Lipinski definition) is 2. The number of aromatic nitrogens is 3. The van der Waals surface area contributed by atoms with Gasteiger partial charge in [-0.15, -0.1) is 0 Å². The first-order valence-electron chi connectivity index (χ1n) is 10.6. The summed E-state index contributed by atoms with van der Waals surface area (Å²) in [5, 5.41) is 6.32. The molecule has 0 unspecified atom stereocenters. The van der Waals surface area contributed by atoms with Crippen LogP contribution in [-0.4, -0.2) is 29.1 Å². The maximum absolute atomic E-state index is 12.1. The molecule has 5 rings (SSSR count). The van der Waals surface area contributed by atoms with Gasteiger partial charge < -0.3 is 19.5 Å². The van der Waals surface area contributed by atoms with Crippen molar-refractivity contribution in [2.45, 2.75) is 18.7 Å². The van der Waals surface area contributed by atoms with Crippen LogP contribution in [-0.2, 0) is 9.84 Å². The van der Waals surface area contributed by atoms with Crippen LogP contribution in [0.15, 0.2) is 80.9 Å². The maximum atomic E-state index is 12.1. The summed E-state index contributed by atoms with van der Waals surface area (Å²) in [7, 11) is -3.32. The third-order valence-corrected chi connectivity index (χ3v) is 7.03. The lowest BCUT2D eigenvalue weighted by Crippen LogP contribution is -2.03. The Morgan fingerprint density at radius 2 is 1.76 bits per heavy atom. The van der Waals surface area contributed by atoms with Crippen molar-refractivity contribution in [3.8, 4) is 11.3 Å². The standard InChI is InChI=1S/C24H21N5O4S/c1-3-34(30,31)18-6-7-21-20(13-18)29-24(32-21)27-17-5-4-15(2)19(12-17)28-23-26-14-22(33-23)16-8-10-25-11-9-16/h4-14H,3H2,1-2H3,(H,26,28)(H,27,29). The molecule has 0 radical (unpaired) electrons. The predicted octanol–water partition coefficient (Wildman–Crippen LogP) is 5.47. The second-order valence-electron chi connectivity index (χ2n) is 7.60. The first-order chi connectivity index (χ1) is 16.4. The number of rotatable bonds is 7. The second kappa shape index (κ2) is 8.64. The number of aryl methyl sites for hydroxylation is 1. The molecule has 0 amide bonds. The van der Waals surface area contributed by atoms with Gasteiger partial charge >= 0.3 is 0 Å². The molecule has 172 valence electrons. The summed E-state index contributed by atoms with van der Waals surface area (Å²) in [6, 6.07) is 14.7. The van der Waals surface area contributed by atoms with Crippen LogP contribution in [0, 0.1) is 6.92 Å². The topological polar surface area (TPSA) is 123 Å². The Labute approximate surface area is 195 Å². The van der Waals surface area contributed by atoms with Crippen LogP contribution in [0.4, 0.5) is 23.4 Å². The zero-order valence-corrected chi connectivity index (χ0v) is 19.3.